The van der Waals surface area contributed by atoms with Crippen molar-refractivity contribution in [2.24, 2.45) is 0 Å². The molecule has 0 amide bonds. The number of anilines is 2. The van der Waals surface area contributed by atoms with Crippen LogP contribution in [0.5, 0.6) is 0 Å². The average Bonchev–Trinajstić information content (AvgIpc) is 3.78. The molecule has 9 aromatic rings. The van der Waals surface area contributed by atoms with Crippen LogP contribution in [0.4, 0.5) is 11.4 Å². The Balaban J connectivity index is 0.000000164. The Kier molecular flexibility index (Phi) is 9.45. The number of hydrogen-bond donors (Lipinski definition) is 2. The van der Waals surface area contributed by atoms with Gasteiger partial charge in [0.1, 0.15) is 11.6 Å². The van der Waals surface area contributed by atoms with Gasteiger partial charge in [0.15, 0.2) is 0 Å². The van der Waals surface area contributed by atoms with Gasteiger partial charge in [-0.2, -0.15) is 0 Å². The lowest BCUT2D eigenvalue weighted by atomic mass is 10.2. The fourth-order valence-corrected chi connectivity index (χ4v) is 7.68. The molecule has 2 aromatic heterocycles. The lowest BCUT2D eigenvalue weighted by molar-refractivity contribution is 0.600. The molecule has 0 saturated carbocycles. The molecule has 9 heteroatoms. The Labute approximate surface area is 313 Å². The van der Waals surface area contributed by atoms with E-state index in [-0.39, 0.29) is 5.75 Å². The number of fused-ring (bicyclic) bond motifs is 2. The summed E-state index contributed by atoms with van der Waals surface area (Å²) in [6.07, 6.45) is 0. The minimum Gasteiger partial charge on any atom is -0.399 e. The van der Waals surface area contributed by atoms with Gasteiger partial charge < -0.3 is 5.73 Å². The summed E-state index contributed by atoms with van der Waals surface area (Å²) >= 11 is 0. The second-order valence-electron chi connectivity index (χ2n) is 12.7. The summed E-state index contributed by atoms with van der Waals surface area (Å²) < 4.78 is 32.3. The summed E-state index contributed by atoms with van der Waals surface area (Å²) in [5, 5.41) is 0. The molecule has 0 radical (unpaired) electrons. The fraction of sp³-hybridized carbons (Fsp3) is 0.0222. The molecule has 54 heavy (non-hydrogen) atoms. The van der Waals surface area contributed by atoms with E-state index in [0.717, 1.165) is 62.0 Å². The molecule has 264 valence electrons. The van der Waals surface area contributed by atoms with Gasteiger partial charge in [0.25, 0.3) is 0 Å². The van der Waals surface area contributed by atoms with Crippen LogP contribution in [-0.2, 0) is 15.8 Å². The van der Waals surface area contributed by atoms with Crippen LogP contribution in [0.3, 0.4) is 0 Å². The number of hydrogen-bond acceptors (Lipinski definition) is 5. The highest BCUT2D eigenvalue weighted by atomic mass is 32.2. The molecular weight excluding hydrogens is 689 g/mol. The molecule has 0 atom stereocenters. The molecular formula is C45H36N6O2S. The number of benzene rings is 7. The summed E-state index contributed by atoms with van der Waals surface area (Å²) in [6, 6.07) is 60.9. The van der Waals surface area contributed by atoms with Gasteiger partial charge in [0.05, 0.1) is 33.5 Å². The van der Waals surface area contributed by atoms with Gasteiger partial charge in [0, 0.05) is 28.2 Å². The lowest BCUT2D eigenvalue weighted by Gasteiger charge is -2.10. The molecule has 2 heterocycles. The van der Waals surface area contributed by atoms with Crippen molar-refractivity contribution < 1.29 is 8.42 Å². The SMILES string of the molecule is Nc1ccc2c(c1)nc(-c1ccccc1)n2-c1ccccc1.O=S(=O)(Cc1ccccc1)Nc1ccc2c(c1)nc(-c1ccccc1)n2-c1ccccc1. The zero-order chi connectivity index (χ0) is 36.9. The third-order valence-corrected chi connectivity index (χ3v) is 10.2. The normalized spacial score (nSPS) is 11.3. The molecule has 0 bridgehead atoms. The van der Waals surface area contributed by atoms with Crippen LogP contribution in [0.2, 0.25) is 0 Å². The Morgan fingerprint density at radius 3 is 1.43 bits per heavy atom. The van der Waals surface area contributed by atoms with Crippen LogP contribution in [0.15, 0.2) is 188 Å². The molecule has 3 N–H and O–H groups in total. The van der Waals surface area contributed by atoms with Crippen molar-refractivity contribution in [1.82, 2.24) is 19.1 Å². The number of rotatable bonds is 8. The van der Waals surface area contributed by atoms with E-state index in [1.165, 1.54) is 0 Å². The first-order valence-electron chi connectivity index (χ1n) is 17.5. The number of imidazole rings is 2. The third-order valence-electron chi connectivity index (χ3n) is 8.90. The highest BCUT2D eigenvalue weighted by Gasteiger charge is 2.17. The van der Waals surface area contributed by atoms with Crippen LogP contribution in [0, 0.1) is 0 Å². The zero-order valence-electron chi connectivity index (χ0n) is 29.2. The minimum absolute atomic E-state index is 0.0837. The Morgan fingerprint density at radius 2 is 0.926 bits per heavy atom. The van der Waals surface area contributed by atoms with Crippen molar-refractivity contribution in [3.05, 3.63) is 194 Å². The highest BCUT2D eigenvalue weighted by molar-refractivity contribution is 7.91. The summed E-state index contributed by atoms with van der Waals surface area (Å²) in [5.41, 5.74) is 15.6. The smallest absolute Gasteiger partial charge is 0.236 e. The van der Waals surface area contributed by atoms with Gasteiger partial charge >= 0.3 is 0 Å². The number of nitrogens with zero attached hydrogens (tertiary/aromatic N) is 4. The van der Waals surface area contributed by atoms with Crippen LogP contribution >= 0.6 is 0 Å². The Morgan fingerprint density at radius 1 is 0.500 bits per heavy atom. The fourth-order valence-electron chi connectivity index (χ4n) is 6.49. The standard InChI is InChI=1S/C26H21N3O2S.C19H15N3/c30-32(31,19-20-10-4-1-5-11-20)28-22-16-17-25-24(18-22)27-26(21-12-6-2-7-13-21)29(25)23-14-8-3-9-15-23;20-15-11-12-18-17(13-15)21-19(14-7-3-1-4-8-14)22(18)16-9-5-2-6-10-16/h1-18,28H,19H2;1-13H,20H2. The van der Waals surface area contributed by atoms with Gasteiger partial charge in [-0.15, -0.1) is 0 Å². The van der Waals surface area contributed by atoms with E-state index >= 15 is 0 Å². The quantitative estimate of drug-likeness (QED) is 0.152. The molecule has 8 nitrogen and oxygen atoms in total. The van der Waals surface area contributed by atoms with E-state index in [4.69, 9.17) is 15.7 Å². The van der Waals surface area contributed by atoms with Crippen LogP contribution in [0.25, 0.3) is 56.2 Å². The maximum atomic E-state index is 12.7. The highest BCUT2D eigenvalue weighted by Crippen LogP contribution is 2.31. The molecule has 0 spiro atoms. The first-order valence-corrected chi connectivity index (χ1v) is 19.1. The van der Waals surface area contributed by atoms with E-state index in [9.17, 15) is 8.42 Å². The van der Waals surface area contributed by atoms with E-state index < -0.39 is 10.0 Å². The molecule has 0 fully saturated rings. The lowest BCUT2D eigenvalue weighted by Crippen LogP contribution is -2.15. The van der Waals surface area contributed by atoms with Gasteiger partial charge in [0.2, 0.25) is 10.0 Å². The predicted octanol–water partition coefficient (Wildman–Crippen LogP) is 9.91. The van der Waals surface area contributed by atoms with Crippen molar-refractivity contribution in [3.63, 3.8) is 0 Å². The van der Waals surface area contributed by atoms with Crippen molar-refractivity contribution in [2.75, 3.05) is 10.5 Å². The van der Waals surface area contributed by atoms with E-state index in [1.54, 1.807) is 24.3 Å². The van der Waals surface area contributed by atoms with Gasteiger partial charge in [-0.3, -0.25) is 13.9 Å². The van der Waals surface area contributed by atoms with E-state index in [0.29, 0.717) is 11.2 Å². The van der Waals surface area contributed by atoms with Gasteiger partial charge in [-0.1, -0.05) is 127 Å². The maximum Gasteiger partial charge on any atom is 0.236 e. The monoisotopic (exact) mass is 724 g/mol. The Bertz CT molecular complexity index is 2770. The van der Waals surface area contributed by atoms with Gasteiger partial charge in [-0.05, 0) is 66.2 Å². The average molecular weight is 725 g/mol. The number of nitrogen functional groups attached to an aromatic ring is 1. The molecule has 0 aliphatic rings. The maximum absolute atomic E-state index is 12.7. The molecule has 9 rings (SSSR count). The molecule has 0 unspecified atom stereocenters. The molecule has 0 saturated heterocycles. The first kappa shape index (κ1) is 34.1. The molecule has 7 aromatic carbocycles. The molecule has 0 aliphatic carbocycles. The number of aromatic nitrogens is 4. The third kappa shape index (κ3) is 7.34. The van der Waals surface area contributed by atoms with Crippen LogP contribution in [-0.4, -0.2) is 27.5 Å². The van der Waals surface area contributed by atoms with Crippen molar-refractivity contribution >= 4 is 43.5 Å². The zero-order valence-corrected chi connectivity index (χ0v) is 30.0. The number of nitrogens with two attached hydrogens (primary N) is 1. The molecule has 0 aliphatic heterocycles. The van der Waals surface area contributed by atoms with Crippen LogP contribution < -0.4 is 10.5 Å². The second-order valence-corrected chi connectivity index (χ2v) is 14.5. The summed E-state index contributed by atoms with van der Waals surface area (Å²) in [7, 11) is -3.55. The van der Waals surface area contributed by atoms with Crippen molar-refractivity contribution in [3.8, 4) is 34.2 Å². The number of sulfonamides is 1. The summed E-state index contributed by atoms with van der Waals surface area (Å²) in [5.74, 6) is 1.64. The van der Waals surface area contributed by atoms with Crippen molar-refractivity contribution in [2.45, 2.75) is 5.75 Å². The van der Waals surface area contributed by atoms with Crippen LogP contribution in [0.1, 0.15) is 5.56 Å². The predicted molar refractivity (Wildman–Crippen MR) is 220 cm³/mol. The first-order chi connectivity index (χ1) is 26.4. The summed E-state index contributed by atoms with van der Waals surface area (Å²) in [6.45, 7) is 0. The number of nitrogens with one attached hydrogen (secondary N) is 1. The minimum atomic E-state index is -3.55. The topological polar surface area (TPSA) is 108 Å². The Hall–Kier alpha value is -6.97. The van der Waals surface area contributed by atoms with E-state index in [2.05, 4.69) is 38.1 Å². The second kappa shape index (κ2) is 14.9. The summed E-state index contributed by atoms with van der Waals surface area (Å²) in [4.78, 5) is 9.67. The van der Waals surface area contributed by atoms with Crippen molar-refractivity contribution in [1.29, 1.82) is 0 Å². The van der Waals surface area contributed by atoms with Gasteiger partial charge in [-0.25, -0.2) is 18.4 Å². The largest absolute Gasteiger partial charge is 0.399 e. The van der Waals surface area contributed by atoms with E-state index in [1.807, 2.05) is 140 Å². The number of para-hydroxylation sites is 2.